The molecule has 0 spiro atoms. The SMILES string of the molecule is CC(=O)c1cccc(Nc2c(C)nn(C)c2C)c1. The van der Waals surface area contributed by atoms with Gasteiger partial charge in [-0.1, -0.05) is 12.1 Å². The van der Waals surface area contributed by atoms with E-state index in [2.05, 4.69) is 10.4 Å². The maximum Gasteiger partial charge on any atom is 0.159 e. The van der Waals surface area contributed by atoms with Crippen LogP contribution in [0, 0.1) is 13.8 Å². The first-order chi connectivity index (χ1) is 8.49. The number of aryl methyl sites for hydroxylation is 2. The molecule has 0 aliphatic carbocycles. The molecule has 1 aromatic heterocycles. The predicted molar refractivity (Wildman–Crippen MR) is 72.4 cm³/mol. The second kappa shape index (κ2) is 4.64. The van der Waals surface area contributed by atoms with Crippen LogP contribution in [0.3, 0.4) is 0 Å². The number of nitrogens with one attached hydrogen (secondary N) is 1. The molecule has 4 nitrogen and oxygen atoms in total. The number of ketones is 1. The summed E-state index contributed by atoms with van der Waals surface area (Å²) in [5, 5.41) is 7.67. The van der Waals surface area contributed by atoms with Gasteiger partial charge in [0.15, 0.2) is 5.78 Å². The molecule has 0 amide bonds. The van der Waals surface area contributed by atoms with Crippen molar-refractivity contribution in [2.45, 2.75) is 20.8 Å². The fourth-order valence-corrected chi connectivity index (χ4v) is 1.91. The molecule has 0 saturated carbocycles. The third-order valence-corrected chi connectivity index (χ3v) is 3.05. The number of anilines is 2. The molecule has 1 N–H and O–H groups in total. The van der Waals surface area contributed by atoms with Crippen LogP contribution in [0.4, 0.5) is 11.4 Å². The van der Waals surface area contributed by atoms with Crippen molar-refractivity contribution < 1.29 is 4.79 Å². The van der Waals surface area contributed by atoms with Gasteiger partial charge in [-0.3, -0.25) is 9.48 Å². The molecule has 4 heteroatoms. The summed E-state index contributed by atoms with van der Waals surface area (Å²) in [6.07, 6.45) is 0. The van der Waals surface area contributed by atoms with Crippen LogP contribution < -0.4 is 5.32 Å². The van der Waals surface area contributed by atoms with Crippen molar-refractivity contribution in [1.29, 1.82) is 0 Å². The summed E-state index contributed by atoms with van der Waals surface area (Å²) in [5.41, 5.74) is 4.63. The lowest BCUT2D eigenvalue weighted by molar-refractivity contribution is 0.101. The van der Waals surface area contributed by atoms with Gasteiger partial charge >= 0.3 is 0 Å². The van der Waals surface area contributed by atoms with Crippen LogP contribution >= 0.6 is 0 Å². The molecule has 0 aliphatic heterocycles. The molecule has 0 saturated heterocycles. The number of hydrogen-bond acceptors (Lipinski definition) is 3. The first-order valence-corrected chi connectivity index (χ1v) is 5.87. The topological polar surface area (TPSA) is 46.9 Å². The molecule has 0 bridgehead atoms. The van der Waals surface area contributed by atoms with E-state index in [1.165, 1.54) is 0 Å². The van der Waals surface area contributed by atoms with E-state index in [1.54, 1.807) is 6.92 Å². The van der Waals surface area contributed by atoms with E-state index in [0.29, 0.717) is 5.56 Å². The Balaban J connectivity index is 2.34. The summed E-state index contributed by atoms with van der Waals surface area (Å²) >= 11 is 0. The number of carbonyl (C=O) groups is 1. The highest BCUT2D eigenvalue weighted by atomic mass is 16.1. The second-order valence-electron chi connectivity index (χ2n) is 4.43. The third-order valence-electron chi connectivity index (χ3n) is 3.05. The number of aromatic nitrogens is 2. The summed E-state index contributed by atoms with van der Waals surface area (Å²) in [7, 11) is 1.92. The summed E-state index contributed by atoms with van der Waals surface area (Å²) in [5.74, 6) is 0.0679. The van der Waals surface area contributed by atoms with Crippen molar-refractivity contribution in [3.05, 3.63) is 41.2 Å². The van der Waals surface area contributed by atoms with Crippen LogP contribution in [0.25, 0.3) is 0 Å². The zero-order chi connectivity index (χ0) is 13.3. The minimum absolute atomic E-state index is 0.0679. The van der Waals surface area contributed by atoms with Crippen molar-refractivity contribution in [3.8, 4) is 0 Å². The van der Waals surface area contributed by atoms with Crippen LogP contribution in [-0.2, 0) is 7.05 Å². The molecule has 0 fully saturated rings. The predicted octanol–water partition coefficient (Wildman–Crippen LogP) is 2.98. The maximum atomic E-state index is 11.3. The van der Waals surface area contributed by atoms with Gasteiger partial charge in [0.1, 0.15) is 0 Å². The van der Waals surface area contributed by atoms with E-state index in [1.807, 2.05) is 49.8 Å². The van der Waals surface area contributed by atoms with E-state index in [9.17, 15) is 4.79 Å². The Bertz CT molecular complexity index is 599. The minimum Gasteiger partial charge on any atom is -0.353 e. The van der Waals surface area contributed by atoms with Crippen LogP contribution in [0.2, 0.25) is 0 Å². The number of carbonyl (C=O) groups excluding carboxylic acids is 1. The average molecular weight is 243 g/mol. The first kappa shape index (κ1) is 12.4. The molecular formula is C14H17N3O. The highest BCUT2D eigenvalue weighted by Gasteiger charge is 2.09. The molecule has 1 aromatic carbocycles. The normalized spacial score (nSPS) is 10.4. The fraction of sp³-hybridized carbons (Fsp3) is 0.286. The molecule has 0 unspecified atom stereocenters. The lowest BCUT2D eigenvalue weighted by atomic mass is 10.1. The number of rotatable bonds is 3. The van der Waals surface area contributed by atoms with E-state index in [-0.39, 0.29) is 5.78 Å². The molecule has 0 atom stereocenters. The van der Waals surface area contributed by atoms with Gasteiger partial charge in [-0.25, -0.2) is 0 Å². The van der Waals surface area contributed by atoms with Gasteiger partial charge in [-0.2, -0.15) is 5.10 Å². The molecular weight excluding hydrogens is 226 g/mol. The quantitative estimate of drug-likeness (QED) is 0.843. The Morgan fingerprint density at radius 3 is 2.61 bits per heavy atom. The molecule has 1 heterocycles. The van der Waals surface area contributed by atoms with Gasteiger partial charge in [0.05, 0.1) is 17.1 Å². The summed E-state index contributed by atoms with van der Waals surface area (Å²) in [6, 6.07) is 7.49. The Kier molecular flexibility index (Phi) is 3.19. The van der Waals surface area contributed by atoms with Crippen molar-refractivity contribution in [2.75, 3.05) is 5.32 Å². The number of nitrogens with zero attached hydrogens (tertiary/aromatic N) is 2. The third kappa shape index (κ3) is 2.27. The van der Waals surface area contributed by atoms with Crippen molar-refractivity contribution in [1.82, 2.24) is 9.78 Å². The minimum atomic E-state index is 0.0679. The number of benzene rings is 1. The maximum absolute atomic E-state index is 11.3. The van der Waals surface area contributed by atoms with Gasteiger partial charge in [0.2, 0.25) is 0 Å². The monoisotopic (exact) mass is 243 g/mol. The van der Waals surface area contributed by atoms with Crippen LogP contribution in [0.5, 0.6) is 0 Å². The average Bonchev–Trinajstić information content (AvgIpc) is 2.56. The van der Waals surface area contributed by atoms with Crippen LogP contribution in [0.1, 0.15) is 28.7 Å². The van der Waals surface area contributed by atoms with Crippen molar-refractivity contribution in [3.63, 3.8) is 0 Å². The van der Waals surface area contributed by atoms with E-state index >= 15 is 0 Å². The number of hydrogen-bond donors (Lipinski definition) is 1. The standard InChI is InChI=1S/C14H17N3O/c1-9-14(10(2)17(4)16-9)15-13-7-5-6-12(8-13)11(3)18/h5-8,15H,1-4H3. The highest BCUT2D eigenvalue weighted by molar-refractivity contribution is 5.95. The number of Topliss-reactive ketones (excluding diaryl/α,β-unsaturated/α-hetero) is 1. The Hall–Kier alpha value is -2.10. The zero-order valence-corrected chi connectivity index (χ0v) is 11.1. The van der Waals surface area contributed by atoms with Crippen LogP contribution in [-0.4, -0.2) is 15.6 Å². The summed E-state index contributed by atoms with van der Waals surface area (Å²) < 4.78 is 1.84. The van der Waals surface area contributed by atoms with Gasteiger partial charge in [-0.15, -0.1) is 0 Å². The van der Waals surface area contributed by atoms with Crippen molar-refractivity contribution >= 4 is 17.2 Å². The van der Waals surface area contributed by atoms with Gasteiger partial charge in [0.25, 0.3) is 0 Å². The molecule has 2 aromatic rings. The molecule has 94 valence electrons. The second-order valence-corrected chi connectivity index (χ2v) is 4.43. The molecule has 0 aliphatic rings. The van der Waals surface area contributed by atoms with E-state index in [4.69, 9.17) is 0 Å². The first-order valence-electron chi connectivity index (χ1n) is 5.87. The lowest BCUT2D eigenvalue weighted by Gasteiger charge is -2.07. The Morgan fingerprint density at radius 1 is 1.33 bits per heavy atom. The molecule has 18 heavy (non-hydrogen) atoms. The largest absolute Gasteiger partial charge is 0.353 e. The smallest absolute Gasteiger partial charge is 0.159 e. The van der Waals surface area contributed by atoms with E-state index < -0.39 is 0 Å². The van der Waals surface area contributed by atoms with Gasteiger partial charge < -0.3 is 5.32 Å². The van der Waals surface area contributed by atoms with E-state index in [0.717, 1.165) is 22.8 Å². The van der Waals surface area contributed by atoms with Crippen molar-refractivity contribution in [2.24, 2.45) is 7.05 Å². The summed E-state index contributed by atoms with van der Waals surface area (Å²) in [4.78, 5) is 11.3. The fourth-order valence-electron chi connectivity index (χ4n) is 1.91. The Morgan fingerprint density at radius 2 is 2.06 bits per heavy atom. The zero-order valence-electron chi connectivity index (χ0n) is 11.1. The lowest BCUT2D eigenvalue weighted by Crippen LogP contribution is -1.97. The highest BCUT2D eigenvalue weighted by Crippen LogP contribution is 2.24. The summed E-state index contributed by atoms with van der Waals surface area (Å²) in [6.45, 7) is 5.54. The van der Waals surface area contributed by atoms with Gasteiger partial charge in [0, 0.05) is 18.3 Å². The molecule has 2 rings (SSSR count). The van der Waals surface area contributed by atoms with Crippen LogP contribution in [0.15, 0.2) is 24.3 Å². The Labute approximate surface area is 107 Å². The van der Waals surface area contributed by atoms with Gasteiger partial charge in [-0.05, 0) is 32.9 Å². The molecule has 0 radical (unpaired) electrons.